The normalized spacial score (nSPS) is 10.4. The van der Waals surface area contributed by atoms with Crippen LogP contribution in [0.4, 0.5) is 11.6 Å². The molecule has 28 heavy (non-hydrogen) atoms. The lowest BCUT2D eigenvalue weighted by molar-refractivity contribution is 0.410. The fraction of sp³-hybridized carbons (Fsp3) is 0.273. The first-order valence-corrected chi connectivity index (χ1v) is 9.33. The van der Waals surface area contributed by atoms with Gasteiger partial charge in [0.1, 0.15) is 29.5 Å². The number of nitrogens with one attached hydrogen (secondary N) is 2. The highest BCUT2D eigenvalue weighted by Gasteiger charge is 2.04. The van der Waals surface area contributed by atoms with Gasteiger partial charge in [0.2, 0.25) is 0 Å². The van der Waals surface area contributed by atoms with Crippen LogP contribution in [0, 0.1) is 0 Å². The van der Waals surface area contributed by atoms with Crippen LogP contribution < -0.4 is 20.1 Å². The molecule has 0 atom stereocenters. The number of hydrogen-bond acceptors (Lipinski definition) is 6. The van der Waals surface area contributed by atoms with E-state index in [2.05, 4.69) is 32.7 Å². The molecule has 146 valence electrons. The molecule has 3 aromatic rings. The van der Waals surface area contributed by atoms with E-state index >= 15 is 0 Å². The number of rotatable bonds is 10. The van der Waals surface area contributed by atoms with Gasteiger partial charge in [-0.2, -0.15) is 0 Å². The zero-order valence-corrected chi connectivity index (χ0v) is 16.3. The van der Waals surface area contributed by atoms with Gasteiger partial charge in [-0.25, -0.2) is 9.97 Å². The summed E-state index contributed by atoms with van der Waals surface area (Å²) in [5.74, 6) is 3.41. The molecule has 2 aromatic carbocycles. The van der Waals surface area contributed by atoms with E-state index in [9.17, 15) is 0 Å². The predicted octanol–water partition coefficient (Wildman–Crippen LogP) is 3.80. The van der Waals surface area contributed by atoms with Gasteiger partial charge in [-0.3, -0.25) is 0 Å². The Morgan fingerprint density at radius 3 is 1.64 bits per heavy atom. The van der Waals surface area contributed by atoms with Crippen molar-refractivity contribution in [1.82, 2.24) is 9.97 Å². The quantitative estimate of drug-likeness (QED) is 0.559. The number of ether oxygens (including phenoxy) is 2. The molecule has 3 rings (SSSR count). The minimum Gasteiger partial charge on any atom is -0.496 e. The summed E-state index contributed by atoms with van der Waals surface area (Å²) in [4.78, 5) is 8.59. The Labute approximate surface area is 166 Å². The Morgan fingerprint density at radius 1 is 0.714 bits per heavy atom. The summed E-state index contributed by atoms with van der Waals surface area (Å²) in [5.41, 5.74) is 2.34. The minimum absolute atomic E-state index is 0.762. The van der Waals surface area contributed by atoms with E-state index in [1.54, 1.807) is 20.5 Å². The highest BCUT2D eigenvalue weighted by molar-refractivity contribution is 5.47. The van der Waals surface area contributed by atoms with Crippen molar-refractivity contribution < 1.29 is 9.47 Å². The summed E-state index contributed by atoms with van der Waals surface area (Å²) in [6, 6.07) is 18.0. The number of nitrogens with zero attached hydrogens (tertiary/aromatic N) is 2. The molecule has 0 radical (unpaired) electrons. The smallest absolute Gasteiger partial charge is 0.131 e. The maximum absolute atomic E-state index is 5.39. The van der Waals surface area contributed by atoms with Crippen molar-refractivity contribution in [3.63, 3.8) is 0 Å². The molecule has 0 spiro atoms. The average Bonchev–Trinajstić information content (AvgIpc) is 2.75. The zero-order chi connectivity index (χ0) is 19.6. The Bertz CT molecular complexity index is 817. The van der Waals surface area contributed by atoms with E-state index in [1.807, 2.05) is 42.5 Å². The lowest BCUT2D eigenvalue weighted by Gasteiger charge is -2.11. The number of methoxy groups -OCH3 is 2. The molecule has 6 heteroatoms. The number of aromatic nitrogens is 2. The molecule has 0 amide bonds. The third kappa shape index (κ3) is 5.36. The van der Waals surface area contributed by atoms with Crippen LogP contribution in [0.1, 0.15) is 11.1 Å². The van der Waals surface area contributed by atoms with Crippen LogP contribution >= 0.6 is 0 Å². The SMILES string of the molecule is COc1ccccc1CCNc1cc(NCCc2ccccc2OC)ncn1. The molecular formula is C22H26N4O2. The van der Waals surface area contributed by atoms with Crippen molar-refractivity contribution in [3.05, 3.63) is 72.1 Å². The largest absolute Gasteiger partial charge is 0.496 e. The van der Waals surface area contributed by atoms with E-state index < -0.39 is 0 Å². The molecule has 0 bridgehead atoms. The standard InChI is InChI=1S/C22H26N4O2/c1-27-19-9-5-3-7-17(19)11-13-23-21-15-22(26-16-25-21)24-14-12-18-8-4-6-10-20(18)28-2/h3-10,15-16H,11-14H2,1-2H3,(H2,23,24,25,26). The van der Waals surface area contributed by atoms with Crippen molar-refractivity contribution >= 4 is 11.6 Å². The van der Waals surface area contributed by atoms with Crippen molar-refractivity contribution in [2.24, 2.45) is 0 Å². The highest BCUT2D eigenvalue weighted by atomic mass is 16.5. The van der Waals surface area contributed by atoms with Gasteiger partial charge in [0.25, 0.3) is 0 Å². The Kier molecular flexibility index (Phi) is 7.07. The van der Waals surface area contributed by atoms with Crippen molar-refractivity contribution in [1.29, 1.82) is 0 Å². The van der Waals surface area contributed by atoms with Crippen LogP contribution in [0.5, 0.6) is 11.5 Å². The van der Waals surface area contributed by atoms with E-state index in [0.717, 1.165) is 49.1 Å². The number of benzene rings is 2. The zero-order valence-electron chi connectivity index (χ0n) is 16.3. The molecule has 2 N–H and O–H groups in total. The Morgan fingerprint density at radius 2 is 1.18 bits per heavy atom. The molecule has 0 aliphatic rings. The fourth-order valence-corrected chi connectivity index (χ4v) is 3.02. The minimum atomic E-state index is 0.762. The van der Waals surface area contributed by atoms with Crippen LogP contribution in [0.2, 0.25) is 0 Å². The summed E-state index contributed by atoms with van der Waals surface area (Å²) in [6.45, 7) is 1.52. The lowest BCUT2D eigenvalue weighted by atomic mass is 10.1. The molecule has 1 aromatic heterocycles. The Hall–Kier alpha value is -3.28. The van der Waals surface area contributed by atoms with Gasteiger partial charge in [0.15, 0.2) is 0 Å². The van der Waals surface area contributed by atoms with Crippen LogP contribution in [-0.4, -0.2) is 37.3 Å². The van der Waals surface area contributed by atoms with Crippen LogP contribution in [0.25, 0.3) is 0 Å². The van der Waals surface area contributed by atoms with Crippen LogP contribution in [-0.2, 0) is 12.8 Å². The van der Waals surface area contributed by atoms with E-state index in [0.29, 0.717) is 0 Å². The predicted molar refractivity (Wildman–Crippen MR) is 112 cm³/mol. The average molecular weight is 378 g/mol. The summed E-state index contributed by atoms with van der Waals surface area (Å²) < 4.78 is 10.8. The van der Waals surface area contributed by atoms with Crippen molar-refractivity contribution in [2.75, 3.05) is 37.9 Å². The first kappa shape index (κ1) is 19.5. The third-order valence-corrected chi connectivity index (χ3v) is 4.45. The number of para-hydroxylation sites is 2. The second kappa shape index (κ2) is 10.2. The maximum Gasteiger partial charge on any atom is 0.131 e. The van der Waals surface area contributed by atoms with Gasteiger partial charge in [-0.1, -0.05) is 36.4 Å². The van der Waals surface area contributed by atoms with Gasteiger partial charge >= 0.3 is 0 Å². The van der Waals surface area contributed by atoms with Gasteiger partial charge in [0, 0.05) is 19.2 Å². The molecule has 1 heterocycles. The van der Waals surface area contributed by atoms with Gasteiger partial charge in [-0.15, -0.1) is 0 Å². The summed E-state index contributed by atoms with van der Waals surface area (Å²) >= 11 is 0. The molecular weight excluding hydrogens is 352 g/mol. The third-order valence-electron chi connectivity index (χ3n) is 4.45. The molecule has 0 fully saturated rings. The highest BCUT2D eigenvalue weighted by Crippen LogP contribution is 2.19. The first-order valence-electron chi connectivity index (χ1n) is 9.33. The Balaban J connectivity index is 1.50. The number of anilines is 2. The molecule has 0 aliphatic carbocycles. The maximum atomic E-state index is 5.39. The van der Waals surface area contributed by atoms with Gasteiger partial charge < -0.3 is 20.1 Å². The molecule has 6 nitrogen and oxygen atoms in total. The second-order valence-corrected chi connectivity index (χ2v) is 6.27. The van der Waals surface area contributed by atoms with E-state index in [1.165, 1.54) is 11.1 Å². The second-order valence-electron chi connectivity index (χ2n) is 6.27. The summed E-state index contributed by atoms with van der Waals surface area (Å²) in [5, 5.41) is 6.69. The van der Waals surface area contributed by atoms with Crippen molar-refractivity contribution in [3.8, 4) is 11.5 Å². The molecule has 0 saturated carbocycles. The molecule has 0 saturated heterocycles. The van der Waals surface area contributed by atoms with Crippen LogP contribution in [0.15, 0.2) is 60.9 Å². The molecule has 0 aliphatic heterocycles. The van der Waals surface area contributed by atoms with Crippen LogP contribution in [0.3, 0.4) is 0 Å². The van der Waals surface area contributed by atoms with Crippen molar-refractivity contribution in [2.45, 2.75) is 12.8 Å². The monoisotopic (exact) mass is 378 g/mol. The van der Waals surface area contributed by atoms with Gasteiger partial charge in [-0.05, 0) is 36.1 Å². The topological polar surface area (TPSA) is 68.3 Å². The fourth-order valence-electron chi connectivity index (χ4n) is 3.02. The molecule has 0 unspecified atom stereocenters. The van der Waals surface area contributed by atoms with E-state index in [-0.39, 0.29) is 0 Å². The van der Waals surface area contributed by atoms with E-state index in [4.69, 9.17) is 9.47 Å². The first-order chi connectivity index (χ1) is 13.8. The van der Waals surface area contributed by atoms with Gasteiger partial charge in [0.05, 0.1) is 14.2 Å². The summed E-state index contributed by atoms with van der Waals surface area (Å²) in [6.07, 6.45) is 3.27. The lowest BCUT2D eigenvalue weighted by Crippen LogP contribution is -2.10. The number of hydrogen-bond donors (Lipinski definition) is 2. The summed E-state index contributed by atoms with van der Waals surface area (Å²) in [7, 11) is 3.39.